The van der Waals surface area contributed by atoms with Gasteiger partial charge >= 0.3 is 6.36 Å². The Hall–Kier alpha value is -1.11. The predicted octanol–water partition coefficient (Wildman–Crippen LogP) is 2.29. The lowest BCUT2D eigenvalue weighted by molar-refractivity contribution is -0.383. The third-order valence-electron chi connectivity index (χ3n) is 1.55. The minimum absolute atomic E-state index is 0.699. The third-order valence-corrected chi connectivity index (χ3v) is 1.55. The lowest BCUT2D eigenvalue weighted by Crippen LogP contribution is -2.40. The molecule has 0 fully saturated rings. The summed E-state index contributed by atoms with van der Waals surface area (Å²) < 4.78 is 64.0. The SMILES string of the molecule is NC1=CC=C(F)CC1(F)OC(F)(F)F. The first-order valence-corrected chi connectivity index (χ1v) is 3.51. The van der Waals surface area contributed by atoms with Crippen LogP contribution in [0.4, 0.5) is 22.0 Å². The van der Waals surface area contributed by atoms with Gasteiger partial charge in [0.1, 0.15) is 5.83 Å². The van der Waals surface area contributed by atoms with Crippen molar-refractivity contribution in [1.82, 2.24) is 0 Å². The predicted molar refractivity (Wildman–Crippen MR) is 37.1 cm³/mol. The van der Waals surface area contributed by atoms with Gasteiger partial charge in [-0.1, -0.05) is 0 Å². The van der Waals surface area contributed by atoms with E-state index >= 15 is 0 Å². The fraction of sp³-hybridized carbons (Fsp3) is 0.429. The molecule has 80 valence electrons. The van der Waals surface area contributed by atoms with Gasteiger partial charge in [0.15, 0.2) is 0 Å². The van der Waals surface area contributed by atoms with E-state index in [0.29, 0.717) is 6.08 Å². The maximum absolute atomic E-state index is 13.3. The summed E-state index contributed by atoms with van der Waals surface area (Å²) in [5.74, 6) is -4.40. The molecule has 0 saturated carbocycles. The summed E-state index contributed by atoms with van der Waals surface area (Å²) in [5.41, 5.74) is 4.12. The summed E-state index contributed by atoms with van der Waals surface area (Å²) in [5, 5.41) is 0. The van der Waals surface area contributed by atoms with Crippen molar-refractivity contribution < 1.29 is 26.7 Å². The molecule has 0 saturated heterocycles. The van der Waals surface area contributed by atoms with Crippen molar-refractivity contribution in [2.24, 2.45) is 5.73 Å². The van der Waals surface area contributed by atoms with Gasteiger partial charge in [0.25, 0.3) is 5.85 Å². The monoisotopic (exact) mass is 215 g/mol. The minimum Gasteiger partial charge on any atom is -0.397 e. The highest BCUT2D eigenvalue weighted by Gasteiger charge is 2.47. The largest absolute Gasteiger partial charge is 0.525 e. The lowest BCUT2D eigenvalue weighted by atomic mass is 10.1. The highest BCUT2D eigenvalue weighted by Crippen LogP contribution is 2.37. The molecule has 0 aromatic rings. The second-order valence-corrected chi connectivity index (χ2v) is 2.69. The topological polar surface area (TPSA) is 35.2 Å². The summed E-state index contributed by atoms with van der Waals surface area (Å²) in [7, 11) is 0. The fourth-order valence-electron chi connectivity index (χ4n) is 0.961. The number of ether oxygens (including phenoxy) is 1. The molecule has 14 heavy (non-hydrogen) atoms. The van der Waals surface area contributed by atoms with Gasteiger partial charge in [-0.2, -0.15) is 0 Å². The molecule has 1 atom stereocenters. The van der Waals surface area contributed by atoms with Crippen LogP contribution in [0, 0.1) is 0 Å². The highest BCUT2D eigenvalue weighted by atomic mass is 19.4. The van der Waals surface area contributed by atoms with Crippen LogP contribution in [0.25, 0.3) is 0 Å². The molecule has 0 aliphatic heterocycles. The third kappa shape index (κ3) is 2.44. The van der Waals surface area contributed by atoms with Crippen molar-refractivity contribution in [2.75, 3.05) is 0 Å². The molecule has 1 aliphatic rings. The number of hydrogen-bond acceptors (Lipinski definition) is 2. The van der Waals surface area contributed by atoms with Crippen LogP contribution >= 0.6 is 0 Å². The zero-order valence-corrected chi connectivity index (χ0v) is 6.74. The van der Waals surface area contributed by atoms with Gasteiger partial charge in [-0.3, -0.25) is 0 Å². The Morgan fingerprint density at radius 2 is 1.93 bits per heavy atom. The Kier molecular flexibility index (Phi) is 2.53. The molecule has 0 heterocycles. The quantitative estimate of drug-likeness (QED) is 0.681. The summed E-state index contributed by atoms with van der Waals surface area (Å²) in [4.78, 5) is 0. The van der Waals surface area contributed by atoms with Crippen LogP contribution in [0.5, 0.6) is 0 Å². The van der Waals surface area contributed by atoms with Crippen molar-refractivity contribution in [2.45, 2.75) is 18.6 Å². The van der Waals surface area contributed by atoms with E-state index in [1.54, 1.807) is 0 Å². The molecule has 0 aromatic carbocycles. The average molecular weight is 215 g/mol. The molecule has 2 N–H and O–H groups in total. The Balaban J connectivity index is 2.86. The van der Waals surface area contributed by atoms with Gasteiger partial charge in [-0.15, -0.1) is 13.2 Å². The Morgan fingerprint density at radius 3 is 2.43 bits per heavy atom. The van der Waals surface area contributed by atoms with Gasteiger partial charge in [0, 0.05) is 0 Å². The molecule has 1 unspecified atom stereocenters. The van der Waals surface area contributed by atoms with Crippen LogP contribution in [0.3, 0.4) is 0 Å². The van der Waals surface area contributed by atoms with Gasteiger partial charge in [0.2, 0.25) is 0 Å². The number of hydrogen-bond donors (Lipinski definition) is 1. The average Bonchev–Trinajstić information content (AvgIpc) is 1.93. The first-order chi connectivity index (χ1) is 6.23. The van der Waals surface area contributed by atoms with Crippen molar-refractivity contribution in [3.63, 3.8) is 0 Å². The first kappa shape index (κ1) is 11.0. The van der Waals surface area contributed by atoms with Crippen LogP contribution in [-0.2, 0) is 4.74 Å². The second kappa shape index (κ2) is 3.23. The van der Waals surface area contributed by atoms with E-state index < -0.39 is 30.2 Å². The molecule has 1 rings (SSSR count). The normalized spacial score (nSPS) is 28.4. The molecule has 1 aliphatic carbocycles. The van der Waals surface area contributed by atoms with Crippen LogP contribution in [0.2, 0.25) is 0 Å². The fourth-order valence-corrected chi connectivity index (χ4v) is 0.961. The second-order valence-electron chi connectivity index (χ2n) is 2.69. The highest BCUT2D eigenvalue weighted by molar-refractivity contribution is 5.25. The number of nitrogens with two attached hydrogens (primary N) is 1. The summed E-state index contributed by atoms with van der Waals surface area (Å²) in [6.45, 7) is 0. The van der Waals surface area contributed by atoms with Crippen molar-refractivity contribution in [3.05, 3.63) is 23.7 Å². The molecule has 7 heteroatoms. The van der Waals surface area contributed by atoms with E-state index in [4.69, 9.17) is 5.73 Å². The van der Waals surface area contributed by atoms with Gasteiger partial charge in [-0.25, -0.2) is 13.5 Å². The number of alkyl halides is 4. The van der Waals surface area contributed by atoms with Crippen LogP contribution in [0.1, 0.15) is 6.42 Å². The molecule has 0 aromatic heterocycles. The number of rotatable bonds is 1. The molecular formula is C7H6F5NO. The zero-order valence-electron chi connectivity index (χ0n) is 6.74. The van der Waals surface area contributed by atoms with Crippen molar-refractivity contribution in [3.8, 4) is 0 Å². The van der Waals surface area contributed by atoms with Gasteiger partial charge in [0.05, 0.1) is 12.1 Å². The molecule has 0 bridgehead atoms. The Morgan fingerprint density at radius 1 is 1.36 bits per heavy atom. The van der Waals surface area contributed by atoms with E-state index in [-0.39, 0.29) is 0 Å². The van der Waals surface area contributed by atoms with E-state index in [0.717, 1.165) is 6.08 Å². The van der Waals surface area contributed by atoms with Crippen molar-refractivity contribution in [1.29, 1.82) is 0 Å². The Labute approximate surface area is 75.8 Å². The van der Waals surface area contributed by atoms with Gasteiger partial charge in [-0.05, 0) is 12.2 Å². The molecule has 0 amide bonds. The minimum atomic E-state index is -5.20. The van der Waals surface area contributed by atoms with Crippen LogP contribution < -0.4 is 5.73 Å². The lowest BCUT2D eigenvalue weighted by Gasteiger charge is -2.27. The van der Waals surface area contributed by atoms with Crippen molar-refractivity contribution >= 4 is 0 Å². The smallest absolute Gasteiger partial charge is 0.397 e. The van der Waals surface area contributed by atoms with E-state index in [1.165, 1.54) is 0 Å². The summed E-state index contributed by atoms with van der Waals surface area (Å²) in [6.07, 6.45) is -4.89. The Bertz CT molecular complexity index is 295. The summed E-state index contributed by atoms with van der Waals surface area (Å²) in [6, 6.07) is 0. The standard InChI is InChI=1S/C7H6F5NO/c8-4-1-2-5(13)6(9,3-4)14-7(10,11)12/h1-2H,3,13H2. The summed E-state index contributed by atoms with van der Waals surface area (Å²) >= 11 is 0. The maximum atomic E-state index is 13.3. The first-order valence-electron chi connectivity index (χ1n) is 3.51. The number of allylic oxidation sites excluding steroid dienone is 2. The van der Waals surface area contributed by atoms with Crippen LogP contribution in [0.15, 0.2) is 23.7 Å². The molecule has 0 radical (unpaired) electrons. The molecular weight excluding hydrogens is 209 g/mol. The zero-order chi connectivity index (χ0) is 11.0. The van der Waals surface area contributed by atoms with Crippen LogP contribution in [-0.4, -0.2) is 12.2 Å². The maximum Gasteiger partial charge on any atom is 0.525 e. The van der Waals surface area contributed by atoms with E-state index in [2.05, 4.69) is 4.74 Å². The molecule has 0 spiro atoms. The number of halogens is 5. The molecule has 2 nitrogen and oxygen atoms in total. The van der Waals surface area contributed by atoms with Gasteiger partial charge < -0.3 is 5.73 Å². The van der Waals surface area contributed by atoms with E-state index in [9.17, 15) is 22.0 Å². The van der Waals surface area contributed by atoms with E-state index in [1.807, 2.05) is 0 Å².